The van der Waals surface area contributed by atoms with Crippen LogP contribution in [0, 0.1) is 11.8 Å². The van der Waals surface area contributed by atoms with E-state index < -0.39 is 0 Å². The lowest BCUT2D eigenvalue weighted by molar-refractivity contribution is -0.115. The molecule has 0 aliphatic rings. The molecule has 88 valence electrons. The molecule has 1 rings (SSSR count). The van der Waals surface area contributed by atoms with Gasteiger partial charge in [-0.25, -0.2) is 0 Å². The van der Waals surface area contributed by atoms with Gasteiger partial charge in [0.2, 0.25) is 5.24 Å². The van der Waals surface area contributed by atoms with Gasteiger partial charge in [0.15, 0.2) is 0 Å². The molecular formula is C13H16BrClO. The van der Waals surface area contributed by atoms with Crippen molar-refractivity contribution >= 4 is 32.8 Å². The van der Waals surface area contributed by atoms with E-state index in [0.29, 0.717) is 12.3 Å². The predicted molar refractivity (Wildman–Crippen MR) is 71.7 cm³/mol. The molecule has 0 amide bonds. The van der Waals surface area contributed by atoms with Gasteiger partial charge in [0.1, 0.15) is 0 Å². The second kappa shape index (κ2) is 6.41. The van der Waals surface area contributed by atoms with Crippen LogP contribution in [0.25, 0.3) is 0 Å². The molecule has 1 unspecified atom stereocenters. The summed E-state index contributed by atoms with van der Waals surface area (Å²) in [5, 5.41) is -0.232. The number of carbonyl (C=O) groups is 1. The average Bonchev–Trinajstić information content (AvgIpc) is 2.19. The number of rotatable bonds is 5. The Morgan fingerprint density at radius 2 is 2.00 bits per heavy atom. The first kappa shape index (κ1) is 13.7. The molecule has 0 heterocycles. The molecule has 0 fully saturated rings. The van der Waals surface area contributed by atoms with E-state index in [1.807, 2.05) is 24.3 Å². The molecule has 0 aromatic heterocycles. The Bertz CT molecular complexity index is 363. The zero-order chi connectivity index (χ0) is 12.1. The Balaban J connectivity index is 2.76. The van der Waals surface area contributed by atoms with E-state index in [0.717, 1.165) is 16.5 Å². The maximum absolute atomic E-state index is 11.3. The van der Waals surface area contributed by atoms with Crippen molar-refractivity contribution in [2.24, 2.45) is 11.8 Å². The van der Waals surface area contributed by atoms with Crippen molar-refractivity contribution < 1.29 is 4.79 Å². The van der Waals surface area contributed by atoms with Crippen molar-refractivity contribution in [2.75, 3.05) is 0 Å². The van der Waals surface area contributed by atoms with Crippen LogP contribution in [-0.2, 0) is 11.2 Å². The van der Waals surface area contributed by atoms with Crippen molar-refractivity contribution in [3.8, 4) is 0 Å². The highest BCUT2D eigenvalue weighted by Crippen LogP contribution is 2.24. The second-order valence-corrected chi connectivity index (χ2v) is 5.65. The third kappa shape index (κ3) is 4.26. The summed E-state index contributed by atoms with van der Waals surface area (Å²) in [7, 11) is 0. The van der Waals surface area contributed by atoms with Crippen LogP contribution in [0.4, 0.5) is 0 Å². The van der Waals surface area contributed by atoms with Gasteiger partial charge < -0.3 is 0 Å². The maximum atomic E-state index is 11.3. The summed E-state index contributed by atoms with van der Waals surface area (Å²) >= 11 is 9.12. The average molecular weight is 304 g/mol. The summed E-state index contributed by atoms with van der Waals surface area (Å²) in [6.07, 6.45) is 1.55. The summed E-state index contributed by atoms with van der Waals surface area (Å²) < 4.78 is 1.04. The summed E-state index contributed by atoms with van der Waals surface area (Å²) in [4.78, 5) is 11.3. The van der Waals surface area contributed by atoms with Crippen LogP contribution in [0.3, 0.4) is 0 Å². The van der Waals surface area contributed by atoms with Crippen LogP contribution in [0.5, 0.6) is 0 Å². The van der Waals surface area contributed by atoms with Gasteiger partial charge in [-0.3, -0.25) is 4.79 Å². The molecule has 16 heavy (non-hydrogen) atoms. The lowest BCUT2D eigenvalue weighted by atomic mass is 9.92. The van der Waals surface area contributed by atoms with E-state index in [4.69, 9.17) is 11.6 Å². The van der Waals surface area contributed by atoms with Gasteiger partial charge in [-0.1, -0.05) is 48.0 Å². The SMILES string of the molecule is CC(C)CC(Cc1ccccc1Br)C(=O)Cl. The minimum atomic E-state index is -0.232. The van der Waals surface area contributed by atoms with Crippen LogP contribution in [0.2, 0.25) is 0 Å². The molecule has 0 radical (unpaired) electrons. The molecule has 0 aliphatic heterocycles. The molecule has 0 saturated heterocycles. The normalized spacial score (nSPS) is 12.8. The molecule has 3 heteroatoms. The van der Waals surface area contributed by atoms with E-state index in [9.17, 15) is 4.79 Å². The molecule has 0 N–H and O–H groups in total. The van der Waals surface area contributed by atoms with Gasteiger partial charge in [0, 0.05) is 10.4 Å². The first-order valence-electron chi connectivity index (χ1n) is 5.43. The number of hydrogen-bond donors (Lipinski definition) is 0. The van der Waals surface area contributed by atoms with Gasteiger partial charge >= 0.3 is 0 Å². The monoisotopic (exact) mass is 302 g/mol. The highest BCUT2D eigenvalue weighted by molar-refractivity contribution is 9.10. The Morgan fingerprint density at radius 3 is 2.50 bits per heavy atom. The Labute approximate surface area is 110 Å². The zero-order valence-corrected chi connectivity index (χ0v) is 11.9. The number of carbonyl (C=O) groups excluding carboxylic acids is 1. The van der Waals surface area contributed by atoms with Crippen LogP contribution < -0.4 is 0 Å². The summed E-state index contributed by atoms with van der Waals surface area (Å²) in [6, 6.07) is 7.95. The maximum Gasteiger partial charge on any atom is 0.225 e. The fourth-order valence-electron chi connectivity index (χ4n) is 1.75. The molecular weight excluding hydrogens is 287 g/mol. The first-order chi connectivity index (χ1) is 7.50. The molecule has 0 aliphatic carbocycles. The van der Waals surface area contributed by atoms with Crippen LogP contribution in [0.1, 0.15) is 25.8 Å². The largest absolute Gasteiger partial charge is 0.281 e. The summed E-state index contributed by atoms with van der Waals surface area (Å²) in [5.41, 5.74) is 1.14. The Morgan fingerprint density at radius 1 is 1.38 bits per heavy atom. The molecule has 1 aromatic rings. The van der Waals surface area contributed by atoms with Crippen molar-refractivity contribution in [1.29, 1.82) is 0 Å². The highest BCUT2D eigenvalue weighted by Gasteiger charge is 2.19. The molecule has 0 bridgehead atoms. The second-order valence-electron chi connectivity index (χ2n) is 4.43. The number of hydrogen-bond acceptors (Lipinski definition) is 1. The summed E-state index contributed by atoms with van der Waals surface area (Å²) in [5.74, 6) is 0.399. The smallest absolute Gasteiger partial charge is 0.225 e. The molecule has 1 nitrogen and oxygen atoms in total. The first-order valence-corrected chi connectivity index (χ1v) is 6.60. The van der Waals surface area contributed by atoms with Gasteiger partial charge in [0.05, 0.1) is 0 Å². The highest BCUT2D eigenvalue weighted by atomic mass is 79.9. The van der Waals surface area contributed by atoms with E-state index >= 15 is 0 Å². The quantitative estimate of drug-likeness (QED) is 0.736. The lowest BCUT2D eigenvalue weighted by Gasteiger charge is -2.15. The predicted octanol–water partition coefficient (Wildman–Crippen LogP) is 4.42. The minimum absolute atomic E-state index is 0.0830. The van der Waals surface area contributed by atoms with E-state index in [1.165, 1.54) is 0 Å². The van der Waals surface area contributed by atoms with Crippen molar-refractivity contribution in [2.45, 2.75) is 26.7 Å². The molecule has 1 aromatic carbocycles. The fourth-order valence-corrected chi connectivity index (χ4v) is 2.37. The van der Waals surface area contributed by atoms with Gasteiger partial charge in [-0.05, 0) is 42.0 Å². The number of halogens is 2. The molecule has 1 atom stereocenters. The molecule has 0 saturated carbocycles. The molecule has 0 spiro atoms. The Hall–Kier alpha value is -0.340. The van der Waals surface area contributed by atoms with Gasteiger partial charge in [0.25, 0.3) is 0 Å². The third-order valence-electron chi connectivity index (χ3n) is 2.50. The van der Waals surface area contributed by atoms with Crippen molar-refractivity contribution in [1.82, 2.24) is 0 Å². The van der Waals surface area contributed by atoms with Crippen molar-refractivity contribution in [3.63, 3.8) is 0 Å². The van der Waals surface area contributed by atoms with Crippen LogP contribution in [0.15, 0.2) is 28.7 Å². The Kier molecular flexibility index (Phi) is 5.50. The summed E-state index contributed by atoms with van der Waals surface area (Å²) in [6.45, 7) is 4.21. The van der Waals surface area contributed by atoms with E-state index in [2.05, 4.69) is 29.8 Å². The topological polar surface area (TPSA) is 17.1 Å². The van der Waals surface area contributed by atoms with Crippen molar-refractivity contribution in [3.05, 3.63) is 34.3 Å². The lowest BCUT2D eigenvalue weighted by Crippen LogP contribution is -2.15. The fraction of sp³-hybridized carbons (Fsp3) is 0.462. The standard InChI is InChI=1S/C13H16BrClO/c1-9(2)7-11(13(15)16)8-10-5-3-4-6-12(10)14/h3-6,9,11H,7-8H2,1-2H3. The van der Waals surface area contributed by atoms with E-state index in [-0.39, 0.29) is 11.2 Å². The van der Waals surface area contributed by atoms with E-state index in [1.54, 1.807) is 0 Å². The van der Waals surface area contributed by atoms with Gasteiger partial charge in [-0.15, -0.1) is 0 Å². The minimum Gasteiger partial charge on any atom is -0.281 e. The number of benzene rings is 1. The van der Waals surface area contributed by atoms with Crippen LogP contribution in [-0.4, -0.2) is 5.24 Å². The third-order valence-corrected chi connectivity index (χ3v) is 3.58. The zero-order valence-electron chi connectivity index (χ0n) is 9.54. The van der Waals surface area contributed by atoms with Crippen LogP contribution >= 0.6 is 27.5 Å². The van der Waals surface area contributed by atoms with Gasteiger partial charge in [-0.2, -0.15) is 0 Å².